The summed E-state index contributed by atoms with van der Waals surface area (Å²) >= 11 is 3.54. The molecule has 0 saturated carbocycles. The van der Waals surface area contributed by atoms with E-state index in [1.807, 2.05) is 44.0 Å². The lowest BCUT2D eigenvalue weighted by Gasteiger charge is -2.34. The van der Waals surface area contributed by atoms with Crippen molar-refractivity contribution in [2.75, 3.05) is 13.1 Å². The molecule has 0 spiro atoms. The van der Waals surface area contributed by atoms with Gasteiger partial charge >= 0.3 is 6.09 Å². The summed E-state index contributed by atoms with van der Waals surface area (Å²) in [4.78, 5) is 24.1. The van der Waals surface area contributed by atoms with Gasteiger partial charge in [0.15, 0.2) is 0 Å². The number of carbonyl (C=O) groups excluding carboxylic acids is 1. The molecule has 0 N–H and O–H groups in total. The number of likely N-dealkylation sites (tertiary alicyclic amines) is 1. The third-order valence-corrected chi connectivity index (χ3v) is 5.95. The average Bonchev–Trinajstić information content (AvgIpc) is 3.07. The number of carbonyl (C=O) groups is 1. The van der Waals surface area contributed by atoms with Crippen molar-refractivity contribution >= 4 is 44.0 Å². The summed E-state index contributed by atoms with van der Waals surface area (Å²) in [6.07, 6.45) is 3.57. The molecule has 0 unspecified atom stereocenters. The molecule has 2 aromatic heterocycles. The number of hydrogen-bond donors (Lipinski definition) is 0. The van der Waals surface area contributed by atoms with Crippen LogP contribution in [0.1, 0.15) is 65.2 Å². The van der Waals surface area contributed by atoms with E-state index in [0.717, 1.165) is 51.6 Å². The monoisotopic (exact) mass is 472 g/mol. The summed E-state index contributed by atoms with van der Waals surface area (Å²) in [5, 5.41) is 1.10. The Morgan fingerprint density at radius 1 is 1.27 bits per heavy atom. The number of pyridine rings is 1. The first kappa shape index (κ1) is 21.1. The second kappa shape index (κ2) is 7.84. The van der Waals surface area contributed by atoms with Gasteiger partial charge < -0.3 is 14.2 Å². The number of fused-ring (bicyclic) bond motifs is 3. The Hall–Kier alpha value is -2.15. The third kappa shape index (κ3) is 4.04. The second-order valence-electron chi connectivity index (χ2n) is 9.35. The zero-order valence-electron chi connectivity index (χ0n) is 18.3. The number of nitrogens with zero attached hydrogens (tertiary/aromatic N) is 4. The molecule has 0 aliphatic carbocycles. The van der Waals surface area contributed by atoms with E-state index in [1.54, 1.807) is 0 Å². The lowest BCUT2D eigenvalue weighted by molar-refractivity contribution is 0.0195. The van der Waals surface area contributed by atoms with Crippen LogP contribution in [-0.4, -0.2) is 44.2 Å². The van der Waals surface area contributed by atoms with Crippen molar-refractivity contribution in [1.29, 1.82) is 0 Å². The molecule has 1 aromatic carbocycles. The normalized spacial score (nSPS) is 17.8. The van der Waals surface area contributed by atoms with Crippen LogP contribution in [0.2, 0.25) is 0 Å². The largest absolute Gasteiger partial charge is 0.444 e. The molecular weight excluding hydrogens is 444 g/mol. The molecule has 1 amide bonds. The van der Waals surface area contributed by atoms with E-state index in [9.17, 15) is 4.79 Å². The zero-order valence-corrected chi connectivity index (χ0v) is 19.9. The summed E-state index contributed by atoms with van der Waals surface area (Å²) in [7, 11) is 0. The van der Waals surface area contributed by atoms with Crippen molar-refractivity contribution in [3.63, 3.8) is 0 Å². The maximum atomic E-state index is 12.7. The summed E-state index contributed by atoms with van der Waals surface area (Å²) in [6.45, 7) is 11.4. The number of hydrogen-bond acceptors (Lipinski definition) is 4. The average molecular weight is 473 g/mol. The molecule has 1 aliphatic rings. The van der Waals surface area contributed by atoms with E-state index in [2.05, 4.69) is 45.4 Å². The fourth-order valence-electron chi connectivity index (χ4n) is 4.26. The van der Waals surface area contributed by atoms with Crippen LogP contribution in [0.4, 0.5) is 4.79 Å². The van der Waals surface area contributed by atoms with E-state index >= 15 is 0 Å². The number of imidazole rings is 1. The predicted molar refractivity (Wildman–Crippen MR) is 123 cm³/mol. The summed E-state index contributed by atoms with van der Waals surface area (Å²) in [5.41, 5.74) is 2.48. The molecule has 1 fully saturated rings. The van der Waals surface area contributed by atoms with Gasteiger partial charge in [0, 0.05) is 34.9 Å². The lowest BCUT2D eigenvalue weighted by Crippen LogP contribution is -2.42. The molecule has 6 nitrogen and oxygen atoms in total. The topological polar surface area (TPSA) is 60.2 Å². The number of rotatable bonds is 2. The Morgan fingerprint density at radius 3 is 2.73 bits per heavy atom. The van der Waals surface area contributed by atoms with E-state index in [0.29, 0.717) is 6.54 Å². The van der Waals surface area contributed by atoms with Gasteiger partial charge in [-0.1, -0.05) is 15.9 Å². The highest BCUT2D eigenvalue weighted by atomic mass is 79.9. The van der Waals surface area contributed by atoms with Gasteiger partial charge in [-0.25, -0.2) is 9.78 Å². The van der Waals surface area contributed by atoms with Crippen molar-refractivity contribution in [1.82, 2.24) is 19.4 Å². The Bertz CT molecular complexity index is 1100. The van der Waals surface area contributed by atoms with E-state index < -0.39 is 5.60 Å². The Labute approximate surface area is 185 Å². The van der Waals surface area contributed by atoms with Gasteiger partial charge in [-0.3, -0.25) is 4.98 Å². The van der Waals surface area contributed by atoms with Crippen molar-refractivity contribution < 1.29 is 9.53 Å². The Morgan fingerprint density at radius 2 is 2.03 bits per heavy atom. The minimum absolute atomic E-state index is 0.173. The van der Waals surface area contributed by atoms with Gasteiger partial charge in [0.1, 0.15) is 16.9 Å². The maximum Gasteiger partial charge on any atom is 0.410 e. The third-order valence-electron chi connectivity index (χ3n) is 5.46. The van der Waals surface area contributed by atoms with Gasteiger partial charge in [-0.15, -0.1) is 0 Å². The van der Waals surface area contributed by atoms with Crippen LogP contribution in [0.15, 0.2) is 28.9 Å². The second-order valence-corrected chi connectivity index (χ2v) is 10.3. The number of amides is 1. The van der Waals surface area contributed by atoms with Crippen LogP contribution in [-0.2, 0) is 4.74 Å². The number of benzene rings is 1. The summed E-state index contributed by atoms with van der Waals surface area (Å²) in [5.74, 6) is 1.21. The van der Waals surface area contributed by atoms with Gasteiger partial charge in [0.05, 0.1) is 17.2 Å². The van der Waals surface area contributed by atoms with Crippen LogP contribution < -0.4 is 0 Å². The van der Waals surface area contributed by atoms with Crippen molar-refractivity contribution in [2.45, 2.75) is 65.0 Å². The lowest BCUT2D eigenvalue weighted by atomic mass is 9.97. The van der Waals surface area contributed by atoms with E-state index in [1.165, 1.54) is 0 Å². The number of halogens is 1. The number of ether oxygens (including phenoxy) is 1. The van der Waals surface area contributed by atoms with Crippen LogP contribution >= 0.6 is 15.9 Å². The minimum Gasteiger partial charge on any atom is -0.444 e. The van der Waals surface area contributed by atoms with Crippen molar-refractivity contribution in [3.8, 4) is 0 Å². The van der Waals surface area contributed by atoms with Gasteiger partial charge in [-0.05, 0) is 65.7 Å². The number of piperidine rings is 1. The summed E-state index contributed by atoms with van der Waals surface area (Å²) < 4.78 is 8.95. The minimum atomic E-state index is -0.492. The molecule has 0 bridgehead atoms. The Balaban J connectivity index is 1.76. The van der Waals surface area contributed by atoms with Crippen molar-refractivity contribution in [2.24, 2.45) is 0 Å². The van der Waals surface area contributed by atoms with Gasteiger partial charge in [0.2, 0.25) is 0 Å². The SMILES string of the molecule is CC(C)n1c([C@H]2CCCN(C(=O)OC(C)(C)C)C2)nc2cnc3cc(Br)ccc3c21. The molecular formula is C23H29BrN4O2. The molecule has 160 valence electrons. The predicted octanol–water partition coefficient (Wildman–Crippen LogP) is 6.04. The zero-order chi connectivity index (χ0) is 21.6. The quantitative estimate of drug-likeness (QED) is 0.455. The standard InChI is InChI=1S/C23H29BrN4O2/c1-14(2)28-20-17-9-8-16(24)11-18(17)25-12-19(20)26-21(28)15-7-6-10-27(13-15)22(29)30-23(3,4)5/h8-9,11-12,14-15H,6-7,10,13H2,1-5H3/t15-/m0/s1. The van der Waals surface area contributed by atoms with Gasteiger partial charge in [0.25, 0.3) is 0 Å². The molecule has 7 heteroatoms. The molecule has 3 heterocycles. The fraction of sp³-hybridized carbons (Fsp3) is 0.522. The highest BCUT2D eigenvalue weighted by Crippen LogP contribution is 2.35. The van der Waals surface area contributed by atoms with Crippen molar-refractivity contribution in [3.05, 3.63) is 34.7 Å². The van der Waals surface area contributed by atoms with Crippen LogP contribution in [0.25, 0.3) is 21.9 Å². The first-order chi connectivity index (χ1) is 14.1. The van der Waals surface area contributed by atoms with Crippen LogP contribution in [0, 0.1) is 0 Å². The molecule has 1 aliphatic heterocycles. The van der Waals surface area contributed by atoms with Crippen LogP contribution in [0.3, 0.4) is 0 Å². The highest BCUT2D eigenvalue weighted by molar-refractivity contribution is 9.10. The molecule has 30 heavy (non-hydrogen) atoms. The first-order valence-corrected chi connectivity index (χ1v) is 11.4. The molecule has 4 rings (SSSR count). The van der Waals surface area contributed by atoms with Crippen LogP contribution in [0.5, 0.6) is 0 Å². The molecule has 3 aromatic rings. The highest BCUT2D eigenvalue weighted by Gasteiger charge is 2.31. The Kier molecular flexibility index (Phi) is 5.51. The first-order valence-electron chi connectivity index (χ1n) is 10.6. The number of aromatic nitrogens is 3. The van der Waals surface area contributed by atoms with E-state index in [4.69, 9.17) is 9.72 Å². The molecule has 1 atom stereocenters. The molecule has 1 saturated heterocycles. The fourth-order valence-corrected chi connectivity index (χ4v) is 4.61. The van der Waals surface area contributed by atoms with Gasteiger partial charge in [-0.2, -0.15) is 0 Å². The summed E-state index contributed by atoms with van der Waals surface area (Å²) in [6, 6.07) is 6.44. The van der Waals surface area contributed by atoms with E-state index in [-0.39, 0.29) is 18.1 Å². The molecule has 0 radical (unpaired) electrons. The maximum absolute atomic E-state index is 12.7. The smallest absolute Gasteiger partial charge is 0.410 e.